The molecule has 0 saturated carbocycles. The van der Waals surface area contributed by atoms with E-state index in [0.717, 1.165) is 32.8 Å². The van der Waals surface area contributed by atoms with Gasteiger partial charge in [-0.25, -0.2) is 0 Å². The number of ether oxygens (including phenoxy) is 1. The van der Waals surface area contributed by atoms with Gasteiger partial charge in [-0.3, -0.25) is 4.90 Å². The summed E-state index contributed by atoms with van der Waals surface area (Å²) in [5.74, 6) is 0. The van der Waals surface area contributed by atoms with Crippen LogP contribution in [0.4, 0.5) is 0 Å². The van der Waals surface area contributed by atoms with E-state index in [9.17, 15) is 0 Å². The van der Waals surface area contributed by atoms with E-state index in [4.69, 9.17) is 4.74 Å². The molecular weight excluding hydrogens is 188 g/mol. The van der Waals surface area contributed by atoms with Crippen LogP contribution in [0.15, 0.2) is 0 Å². The summed E-state index contributed by atoms with van der Waals surface area (Å²) in [5, 5.41) is 3.56. The normalized spacial score (nSPS) is 25.4. The molecule has 1 saturated heterocycles. The molecule has 2 atom stereocenters. The number of hydrogen-bond acceptors (Lipinski definition) is 3. The third-order valence-electron chi connectivity index (χ3n) is 2.97. The smallest absolute Gasteiger partial charge is 0.0674 e. The number of nitrogens with one attached hydrogen (secondary N) is 1. The summed E-state index contributed by atoms with van der Waals surface area (Å²) in [6.07, 6.45) is 2.95. The summed E-state index contributed by atoms with van der Waals surface area (Å²) >= 11 is 0. The fraction of sp³-hybridized carbons (Fsp3) is 1.00. The number of hydrogen-bond donors (Lipinski definition) is 1. The zero-order valence-corrected chi connectivity index (χ0v) is 10.5. The van der Waals surface area contributed by atoms with Crippen molar-refractivity contribution in [2.24, 2.45) is 0 Å². The van der Waals surface area contributed by atoms with Gasteiger partial charge in [0.05, 0.1) is 12.7 Å². The van der Waals surface area contributed by atoms with E-state index >= 15 is 0 Å². The van der Waals surface area contributed by atoms with Crippen LogP contribution in [-0.2, 0) is 4.74 Å². The molecule has 1 fully saturated rings. The van der Waals surface area contributed by atoms with Crippen molar-refractivity contribution in [3.8, 4) is 0 Å². The summed E-state index contributed by atoms with van der Waals surface area (Å²) in [6.45, 7) is 12.0. The van der Waals surface area contributed by atoms with Gasteiger partial charge in [0.2, 0.25) is 0 Å². The Balaban J connectivity index is 2.03. The van der Waals surface area contributed by atoms with Crippen molar-refractivity contribution in [2.75, 3.05) is 32.8 Å². The monoisotopic (exact) mass is 214 g/mol. The SMILES string of the molecule is CCCC(C)NCCN1CCOC(C)C1. The standard InChI is InChI=1S/C12H26N2O/c1-4-5-11(2)13-6-7-14-8-9-15-12(3)10-14/h11-13H,4-10H2,1-3H3. The van der Waals surface area contributed by atoms with Gasteiger partial charge in [0, 0.05) is 32.2 Å². The zero-order chi connectivity index (χ0) is 11.1. The predicted octanol–water partition coefficient (Wildman–Crippen LogP) is 1.49. The lowest BCUT2D eigenvalue weighted by Crippen LogP contribution is -2.44. The van der Waals surface area contributed by atoms with Gasteiger partial charge in [-0.2, -0.15) is 0 Å². The summed E-state index contributed by atoms with van der Waals surface area (Å²) in [6, 6.07) is 0.661. The molecular formula is C12H26N2O. The highest BCUT2D eigenvalue weighted by molar-refractivity contribution is 4.69. The molecule has 1 heterocycles. The molecule has 0 aliphatic carbocycles. The molecule has 90 valence electrons. The maximum atomic E-state index is 5.51. The van der Waals surface area contributed by atoms with Gasteiger partial charge in [0.25, 0.3) is 0 Å². The second kappa shape index (κ2) is 7.20. The van der Waals surface area contributed by atoms with E-state index in [1.165, 1.54) is 12.8 Å². The lowest BCUT2D eigenvalue weighted by Gasteiger charge is -2.31. The Morgan fingerprint density at radius 1 is 1.53 bits per heavy atom. The van der Waals surface area contributed by atoms with Crippen molar-refractivity contribution in [2.45, 2.75) is 45.8 Å². The number of morpholine rings is 1. The van der Waals surface area contributed by atoms with Crippen molar-refractivity contribution in [3.05, 3.63) is 0 Å². The van der Waals surface area contributed by atoms with Crippen molar-refractivity contribution in [1.29, 1.82) is 0 Å². The van der Waals surface area contributed by atoms with E-state index in [1.54, 1.807) is 0 Å². The highest BCUT2D eigenvalue weighted by atomic mass is 16.5. The molecule has 0 radical (unpaired) electrons. The van der Waals surface area contributed by atoms with Crippen LogP contribution in [0.3, 0.4) is 0 Å². The zero-order valence-electron chi connectivity index (χ0n) is 10.5. The third kappa shape index (κ3) is 5.50. The molecule has 1 aliphatic rings. The lowest BCUT2D eigenvalue weighted by molar-refractivity contribution is -0.0178. The van der Waals surface area contributed by atoms with E-state index < -0.39 is 0 Å². The molecule has 1 aliphatic heterocycles. The number of rotatable bonds is 6. The Morgan fingerprint density at radius 3 is 3.00 bits per heavy atom. The van der Waals surface area contributed by atoms with E-state index in [0.29, 0.717) is 12.1 Å². The van der Waals surface area contributed by atoms with Crippen LogP contribution in [0.2, 0.25) is 0 Å². The minimum absolute atomic E-state index is 0.409. The van der Waals surface area contributed by atoms with Crippen LogP contribution in [0.25, 0.3) is 0 Å². The molecule has 1 N–H and O–H groups in total. The molecule has 15 heavy (non-hydrogen) atoms. The minimum atomic E-state index is 0.409. The molecule has 0 bridgehead atoms. The highest BCUT2D eigenvalue weighted by Gasteiger charge is 2.15. The molecule has 0 amide bonds. The second-order valence-corrected chi connectivity index (χ2v) is 4.63. The summed E-state index contributed by atoms with van der Waals surface area (Å²) in [5.41, 5.74) is 0. The first kappa shape index (κ1) is 12.9. The molecule has 2 unspecified atom stereocenters. The maximum absolute atomic E-state index is 5.51. The average Bonchev–Trinajstić information content (AvgIpc) is 2.18. The van der Waals surface area contributed by atoms with Gasteiger partial charge in [-0.05, 0) is 20.3 Å². The van der Waals surface area contributed by atoms with Crippen molar-refractivity contribution >= 4 is 0 Å². The van der Waals surface area contributed by atoms with Gasteiger partial charge in [-0.15, -0.1) is 0 Å². The summed E-state index contributed by atoms with van der Waals surface area (Å²) in [7, 11) is 0. The molecule has 3 heteroatoms. The Morgan fingerprint density at radius 2 is 2.33 bits per heavy atom. The Labute approximate surface area is 94.2 Å². The Bertz CT molecular complexity index is 164. The topological polar surface area (TPSA) is 24.5 Å². The first-order valence-corrected chi connectivity index (χ1v) is 6.29. The Hall–Kier alpha value is -0.120. The first-order valence-electron chi connectivity index (χ1n) is 6.29. The van der Waals surface area contributed by atoms with Crippen LogP contribution < -0.4 is 5.32 Å². The van der Waals surface area contributed by atoms with E-state index in [2.05, 4.69) is 31.0 Å². The van der Waals surface area contributed by atoms with Gasteiger partial charge < -0.3 is 10.1 Å². The van der Waals surface area contributed by atoms with Crippen LogP contribution in [0.1, 0.15) is 33.6 Å². The molecule has 0 aromatic carbocycles. The van der Waals surface area contributed by atoms with Crippen LogP contribution in [0, 0.1) is 0 Å². The maximum Gasteiger partial charge on any atom is 0.0674 e. The molecule has 3 nitrogen and oxygen atoms in total. The summed E-state index contributed by atoms with van der Waals surface area (Å²) < 4.78 is 5.51. The fourth-order valence-corrected chi connectivity index (χ4v) is 2.10. The molecule has 1 rings (SSSR count). The highest BCUT2D eigenvalue weighted by Crippen LogP contribution is 2.03. The quantitative estimate of drug-likeness (QED) is 0.725. The van der Waals surface area contributed by atoms with E-state index in [1.807, 2.05) is 0 Å². The van der Waals surface area contributed by atoms with Crippen molar-refractivity contribution in [3.63, 3.8) is 0 Å². The largest absolute Gasteiger partial charge is 0.376 e. The first-order chi connectivity index (χ1) is 7.22. The van der Waals surface area contributed by atoms with Crippen LogP contribution in [-0.4, -0.2) is 49.8 Å². The average molecular weight is 214 g/mol. The van der Waals surface area contributed by atoms with Crippen molar-refractivity contribution < 1.29 is 4.74 Å². The van der Waals surface area contributed by atoms with Crippen molar-refractivity contribution in [1.82, 2.24) is 10.2 Å². The summed E-state index contributed by atoms with van der Waals surface area (Å²) in [4.78, 5) is 2.49. The molecule has 0 aromatic rings. The van der Waals surface area contributed by atoms with Crippen LogP contribution in [0.5, 0.6) is 0 Å². The minimum Gasteiger partial charge on any atom is -0.376 e. The Kier molecular flexibility index (Phi) is 6.22. The lowest BCUT2D eigenvalue weighted by atomic mass is 10.2. The third-order valence-corrected chi connectivity index (χ3v) is 2.97. The van der Waals surface area contributed by atoms with Gasteiger partial charge in [-0.1, -0.05) is 13.3 Å². The van der Waals surface area contributed by atoms with Gasteiger partial charge in [0.15, 0.2) is 0 Å². The predicted molar refractivity (Wildman–Crippen MR) is 64.2 cm³/mol. The van der Waals surface area contributed by atoms with Gasteiger partial charge in [0.1, 0.15) is 0 Å². The van der Waals surface area contributed by atoms with Crippen LogP contribution >= 0.6 is 0 Å². The fourth-order valence-electron chi connectivity index (χ4n) is 2.10. The molecule has 0 spiro atoms. The van der Waals surface area contributed by atoms with E-state index in [-0.39, 0.29) is 0 Å². The second-order valence-electron chi connectivity index (χ2n) is 4.63. The molecule has 0 aromatic heterocycles. The van der Waals surface area contributed by atoms with Gasteiger partial charge >= 0.3 is 0 Å². The number of nitrogens with zero attached hydrogens (tertiary/aromatic N) is 1.